The predicted molar refractivity (Wildman–Crippen MR) is 137 cm³/mol. The van der Waals surface area contributed by atoms with Crippen LogP contribution in [0.4, 0.5) is 0 Å². The number of nitrogens with zero attached hydrogens (tertiary/aromatic N) is 3. The zero-order valence-corrected chi connectivity index (χ0v) is 21.0. The first-order valence-corrected chi connectivity index (χ1v) is 12.7. The van der Waals surface area contributed by atoms with E-state index in [2.05, 4.69) is 22.3 Å². The summed E-state index contributed by atoms with van der Waals surface area (Å²) in [5, 5.41) is 3.37. The number of nitrogens with one attached hydrogen (secondary N) is 1. The zero-order valence-electron chi connectivity index (χ0n) is 21.0. The molecule has 0 spiro atoms. The Morgan fingerprint density at radius 2 is 1.83 bits per heavy atom. The third kappa shape index (κ3) is 6.48. The molecule has 2 saturated heterocycles. The van der Waals surface area contributed by atoms with Gasteiger partial charge < -0.3 is 19.9 Å². The molecule has 1 N–H and O–H groups in total. The molecule has 0 aromatic heterocycles. The largest absolute Gasteiger partial charge is 0.383 e. The van der Waals surface area contributed by atoms with Crippen molar-refractivity contribution in [3.05, 3.63) is 71.3 Å². The SMILES string of the molecule is COCCN(Cc1ccccc1)C1CC(C(=O)N2CCCNCC2)N(C(=O)c2ccc(C)cc2)C1. The minimum absolute atomic E-state index is 0.0646. The highest BCUT2D eigenvalue weighted by molar-refractivity contribution is 5.98. The number of aryl methyl sites for hydroxylation is 1. The smallest absolute Gasteiger partial charge is 0.254 e. The molecule has 2 atom stereocenters. The Hall–Kier alpha value is -2.74. The summed E-state index contributed by atoms with van der Waals surface area (Å²) in [6.07, 6.45) is 1.57. The number of methoxy groups -OCH3 is 1. The molecule has 0 aliphatic carbocycles. The van der Waals surface area contributed by atoms with E-state index in [4.69, 9.17) is 4.74 Å². The highest BCUT2D eigenvalue weighted by Gasteiger charge is 2.43. The summed E-state index contributed by atoms with van der Waals surface area (Å²) in [6, 6.07) is 17.6. The first kappa shape index (κ1) is 25.4. The van der Waals surface area contributed by atoms with Crippen molar-refractivity contribution in [2.75, 3.05) is 53.0 Å². The van der Waals surface area contributed by atoms with Crippen LogP contribution >= 0.6 is 0 Å². The number of likely N-dealkylation sites (tertiary alicyclic amines) is 1. The Morgan fingerprint density at radius 1 is 1.06 bits per heavy atom. The molecule has 0 bridgehead atoms. The second kappa shape index (κ2) is 12.3. The summed E-state index contributed by atoms with van der Waals surface area (Å²) < 4.78 is 5.40. The lowest BCUT2D eigenvalue weighted by atomic mass is 10.1. The van der Waals surface area contributed by atoms with Crippen molar-refractivity contribution in [2.45, 2.75) is 38.4 Å². The molecule has 2 unspecified atom stereocenters. The number of hydrogen-bond acceptors (Lipinski definition) is 5. The van der Waals surface area contributed by atoms with Gasteiger partial charge in [0.05, 0.1) is 6.61 Å². The molecule has 4 rings (SSSR count). The summed E-state index contributed by atoms with van der Waals surface area (Å²) in [5.74, 6) is 0.00765. The van der Waals surface area contributed by atoms with Crippen molar-refractivity contribution >= 4 is 11.8 Å². The second-order valence-electron chi connectivity index (χ2n) is 9.61. The van der Waals surface area contributed by atoms with Crippen molar-refractivity contribution in [1.29, 1.82) is 0 Å². The van der Waals surface area contributed by atoms with E-state index in [0.717, 1.165) is 44.7 Å². The molecule has 7 nitrogen and oxygen atoms in total. The summed E-state index contributed by atoms with van der Waals surface area (Å²) in [4.78, 5) is 33.5. The van der Waals surface area contributed by atoms with Gasteiger partial charge >= 0.3 is 0 Å². The summed E-state index contributed by atoms with van der Waals surface area (Å²) in [5.41, 5.74) is 2.96. The van der Waals surface area contributed by atoms with Crippen LogP contribution in [-0.2, 0) is 16.1 Å². The van der Waals surface area contributed by atoms with Crippen LogP contribution in [0, 0.1) is 6.92 Å². The highest BCUT2D eigenvalue weighted by Crippen LogP contribution is 2.27. The van der Waals surface area contributed by atoms with Crippen molar-refractivity contribution in [3.63, 3.8) is 0 Å². The molecule has 2 heterocycles. The summed E-state index contributed by atoms with van der Waals surface area (Å²) in [6.45, 7) is 7.79. The van der Waals surface area contributed by atoms with Gasteiger partial charge in [0, 0.05) is 58.0 Å². The second-order valence-corrected chi connectivity index (χ2v) is 9.61. The molecule has 7 heteroatoms. The van der Waals surface area contributed by atoms with Crippen molar-refractivity contribution in [3.8, 4) is 0 Å². The number of amides is 2. The van der Waals surface area contributed by atoms with E-state index in [0.29, 0.717) is 31.7 Å². The molecule has 0 radical (unpaired) electrons. The maximum absolute atomic E-state index is 13.8. The lowest BCUT2D eigenvalue weighted by molar-refractivity contribution is -0.135. The molecule has 2 fully saturated rings. The van der Waals surface area contributed by atoms with Crippen LogP contribution in [-0.4, -0.2) is 91.6 Å². The van der Waals surface area contributed by atoms with Gasteiger partial charge in [-0.2, -0.15) is 0 Å². The van der Waals surface area contributed by atoms with Crippen LogP contribution in [0.3, 0.4) is 0 Å². The maximum atomic E-state index is 13.8. The molecule has 0 saturated carbocycles. The molecule has 2 amide bonds. The molecule has 2 aliphatic heterocycles. The van der Waals surface area contributed by atoms with Gasteiger partial charge in [0.1, 0.15) is 6.04 Å². The van der Waals surface area contributed by atoms with E-state index in [1.165, 1.54) is 5.56 Å². The lowest BCUT2D eigenvalue weighted by Crippen LogP contribution is -2.48. The van der Waals surface area contributed by atoms with Crippen LogP contribution in [0.25, 0.3) is 0 Å². The van der Waals surface area contributed by atoms with Crippen LogP contribution in [0.5, 0.6) is 0 Å². The van der Waals surface area contributed by atoms with Gasteiger partial charge in [-0.05, 0) is 44.0 Å². The number of ether oxygens (including phenoxy) is 1. The van der Waals surface area contributed by atoms with Crippen LogP contribution in [0.2, 0.25) is 0 Å². The maximum Gasteiger partial charge on any atom is 0.254 e. The Kier molecular flexibility index (Phi) is 8.90. The quantitative estimate of drug-likeness (QED) is 0.632. The molecular formula is C28H38N4O3. The first-order valence-electron chi connectivity index (χ1n) is 12.7. The van der Waals surface area contributed by atoms with Crippen molar-refractivity contribution < 1.29 is 14.3 Å². The average Bonchev–Trinajstić information content (AvgIpc) is 3.14. The summed E-state index contributed by atoms with van der Waals surface area (Å²) in [7, 11) is 1.71. The molecule has 2 aliphatic rings. The predicted octanol–water partition coefficient (Wildman–Crippen LogP) is 2.55. The Morgan fingerprint density at radius 3 is 2.57 bits per heavy atom. The van der Waals surface area contributed by atoms with Crippen LogP contribution in [0.1, 0.15) is 34.3 Å². The number of carbonyl (C=O) groups is 2. The number of hydrogen-bond donors (Lipinski definition) is 1. The molecular weight excluding hydrogens is 440 g/mol. The fraction of sp³-hybridized carbons (Fsp3) is 0.500. The van der Waals surface area contributed by atoms with Crippen molar-refractivity contribution in [1.82, 2.24) is 20.0 Å². The van der Waals surface area contributed by atoms with Gasteiger partial charge in [0.25, 0.3) is 5.91 Å². The first-order chi connectivity index (χ1) is 17.1. The van der Waals surface area contributed by atoms with E-state index < -0.39 is 6.04 Å². The zero-order chi connectivity index (χ0) is 24.6. The Balaban J connectivity index is 1.59. The Bertz CT molecular complexity index is 958. The van der Waals surface area contributed by atoms with Gasteiger partial charge in [-0.15, -0.1) is 0 Å². The van der Waals surface area contributed by atoms with Crippen LogP contribution < -0.4 is 5.32 Å². The molecule has 2 aromatic carbocycles. The summed E-state index contributed by atoms with van der Waals surface area (Å²) >= 11 is 0. The van der Waals surface area contributed by atoms with Gasteiger partial charge in [0.2, 0.25) is 5.91 Å². The van der Waals surface area contributed by atoms with Gasteiger partial charge in [-0.3, -0.25) is 14.5 Å². The third-order valence-electron chi connectivity index (χ3n) is 7.10. The van der Waals surface area contributed by atoms with Crippen molar-refractivity contribution in [2.24, 2.45) is 0 Å². The number of benzene rings is 2. The number of carbonyl (C=O) groups excluding carboxylic acids is 2. The standard InChI is InChI=1S/C28H38N4O3/c1-22-9-11-24(12-10-22)27(33)32-21-25(19-26(32)28(34)30-15-6-13-29-14-16-30)31(17-18-35-2)20-23-7-4-3-5-8-23/h3-5,7-12,25-26,29H,6,13-21H2,1-2H3. The van der Waals surface area contributed by atoms with E-state index in [9.17, 15) is 9.59 Å². The van der Waals surface area contributed by atoms with Gasteiger partial charge in [0.15, 0.2) is 0 Å². The minimum Gasteiger partial charge on any atom is -0.383 e. The van der Waals surface area contributed by atoms with E-state index >= 15 is 0 Å². The van der Waals surface area contributed by atoms with Crippen LogP contribution in [0.15, 0.2) is 54.6 Å². The Labute approximate surface area is 209 Å². The number of rotatable bonds is 8. The third-order valence-corrected chi connectivity index (χ3v) is 7.10. The topological polar surface area (TPSA) is 65.1 Å². The lowest BCUT2D eigenvalue weighted by Gasteiger charge is -2.29. The van der Waals surface area contributed by atoms with E-state index in [1.807, 2.05) is 59.2 Å². The molecule has 2 aromatic rings. The van der Waals surface area contributed by atoms with E-state index in [-0.39, 0.29) is 17.9 Å². The van der Waals surface area contributed by atoms with E-state index in [1.54, 1.807) is 7.11 Å². The molecule has 35 heavy (non-hydrogen) atoms. The average molecular weight is 479 g/mol. The molecule has 188 valence electrons. The fourth-order valence-electron chi connectivity index (χ4n) is 5.09. The van der Waals surface area contributed by atoms with Gasteiger partial charge in [-0.25, -0.2) is 0 Å². The minimum atomic E-state index is -0.451. The highest BCUT2D eigenvalue weighted by atomic mass is 16.5. The fourth-order valence-corrected chi connectivity index (χ4v) is 5.09. The monoisotopic (exact) mass is 478 g/mol. The normalized spacial score (nSPS) is 20.8. The van der Waals surface area contributed by atoms with Gasteiger partial charge in [-0.1, -0.05) is 48.0 Å².